The van der Waals surface area contributed by atoms with Crippen LogP contribution in [0, 0.1) is 141 Å². The first-order valence-electron chi connectivity index (χ1n) is 6.23. The molecule has 0 fully saturated rings. The molecule has 2 N–H and O–H groups in total. The van der Waals surface area contributed by atoms with Gasteiger partial charge in [0, 0.05) is 49.6 Å². The van der Waals surface area contributed by atoms with Crippen molar-refractivity contribution in [3.8, 4) is 0 Å². The van der Waals surface area contributed by atoms with Gasteiger partial charge in [-0.3, -0.25) is 0 Å². The van der Waals surface area contributed by atoms with Crippen LogP contribution in [0.4, 0.5) is 0 Å². The first-order valence-corrected chi connectivity index (χ1v) is 6.23. The van der Waals surface area contributed by atoms with E-state index in [0.717, 1.165) is 0 Å². The Morgan fingerprint density at radius 3 is 0.690 bits per heavy atom. The Hall–Kier alpha value is 1.30. The third kappa shape index (κ3) is 19.7. The SMILES string of the molecule is O=C([O-])CC(O)(CC(=O)[O-])C(=O)[O-].O=C([O-])CC(O)(CC(=O)[O-])C(=O)[O-].[Yb+2].[Yb+2].[Yb+2]. The van der Waals surface area contributed by atoms with Crippen LogP contribution in [0.25, 0.3) is 0 Å². The molecule has 0 aromatic heterocycles. The average Bonchev–Trinajstić information content (AvgIpc) is 2.34. The van der Waals surface area contributed by atoms with Crippen LogP contribution in [0.15, 0.2) is 0 Å². The molecule has 0 saturated heterocycles. The zero-order valence-corrected chi connectivity index (χ0v) is 18.6. The van der Waals surface area contributed by atoms with Crippen molar-refractivity contribution < 1.29 is 210 Å². The van der Waals surface area contributed by atoms with Crippen LogP contribution in [-0.4, -0.2) is 57.2 Å². The molecule has 0 bridgehead atoms. The molecule has 29 heavy (non-hydrogen) atoms. The summed E-state index contributed by atoms with van der Waals surface area (Å²) in [6.45, 7) is 0. The minimum Gasteiger partial charge on any atom is -0.550 e. The van der Waals surface area contributed by atoms with Crippen molar-refractivity contribution in [3.63, 3.8) is 0 Å². The normalized spacial score (nSPS) is 9.72. The van der Waals surface area contributed by atoms with Crippen molar-refractivity contribution >= 4 is 35.8 Å². The predicted octanol–water partition coefficient (Wildman–Crippen LogP) is -10.5. The molecule has 0 aliphatic rings. The number of carboxylic acids is 6. The van der Waals surface area contributed by atoms with Crippen LogP contribution < -0.4 is 30.6 Å². The van der Waals surface area contributed by atoms with Gasteiger partial charge in [0.1, 0.15) is 11.2 Å². The minimum absolute atomic E-state index is 0. The summed E-state index contributed by atoms with van der Waals surface area (Å²) in [6.07, 6.45) is -5.43. The molecule has 17 heteroatoms. The van der Waals surface area contributed by atoms with E-state index in [-0.39, 0.29) is 141 Å². The van der Waals surface area contributed by atoms with Gasteiger partial charge in [0.2, 0.25) is 0 Å². The van der Waals surface area contributed by atoms with Gasteiger partial charge in [-0.15, -0.1) is 0 Å². The third-order valence-corrected chi connectivity index (χ3v) is 2.51. The predicted molar refractivity (Wildman–Crippen MR) is 58.4 cm³/mol. The molecule has 0 aromatic rings. The van der Waals surface area contributed by atoms with Crippen molar-refractivity contribution in [1.82, 2.24) is 0 Å². The topological polar surface area (TPSA) is 281 Å². The summed E-state index contributed by atoms with van der Waals surface area (Å²) in [5, 5.41) is 77.9. The van der Waals surface area contributed by atoms with Crippen molar-refractivity contribution in [2.75, 3.05) is 0 Å². The molecule has 184 valence electrons. The standard InChI is InChI=1S/2C6H8O7.3Yb/c2*7-3(8)1-6(13,5(11)12)2-4(9)10;;;/h2*13H,1-2H2,(H,7,8)(H,9,10)(H,11,12);;;/q;;3*+2/p-6. The monoisotopic (exact) mass is 900 g/mol. The number of carboxylic acid groups (broad SMARTS) is 6. The maximum Gasteiger partial charge on any atom is 2.00 e. The van der Waals surface area contributed by atoms with Gasteiger partial charge in [0.25, 0.3) is 0 Å². The van der Waals surface area contributed by atoms with Gasteiger partial charge >= 0.3 is 141 Å². The van der Waals surface area contributed by atoms with E-state index in [0.29, 0.717) is 0 Å². The van der Waals surface area contributed by atoms with Crippen LogP contribution in [0.3, 0.4) is 0 Å². The van der Waals surface area contributed by atoms with Gasteiger partial charge in [0.15, 0.2) is 0 Å². The first kappa shape index (κ1) is 40.6. The quantitative estimate of drug-likeness (QED) is 0.206. The molecule has 0 aliphatic heterocycles. The van der Waals surface area contributed by atoms with E-state index in [4.69, 9.17) is 10.2 Å². The summed E-state index contributed by atoms with van der Waals surface area (Å²) in [4.78, 5) is 60.0. The zero-order chi connectivity index (χ0) is 21.3. The van der Waals surface area contributed by atoms with Crippen molar-refractivity contribution in [1.29, 1.82) is 0 Å². The first-order chi connectivity index (χ1) is 11.6. The number of carbonyl (C=O) groups is 6. The van der Waals surface area contributed by atoms with Crippen LogP contribution in [0.5, 0.6) is 0 Å². The van der Waals surface area contributed by atoms with Crippen molar-refractivity contribution in [3.05, 3.63) is 0 Å². The molecule has 0 aliphatic carbocycles. The van der Waals surface area contributed by atoms with E-state index in [1.54, 1.807) is 0 Å². The second kappa shape index (κ2) is 18.8. The molecule has 0 rings (SSSR count). The molecule has 0 atom stereocenters. The Morgan fingerprint density at radius 2 is 0.621 bits per heavy atom. The summed E-state index contributed by atoms with van der Waals surface area (Å²) in [5.41, 5.74) is -5.95. The van der Waals surface area contributed by atoms with Crippen molar-refractivity contribution in [2.24, 2.45) is 0 Å². The number of hydrogen-bond acceptors (Lipinski definition) is 14. The van der Waals surface area contributed by atoms with E-state index in [9.17, 15) is 59.4 Å². The fourth-order valence-corrected chi connectivity index (χ4v) is 1.37. The summed E-state index contributed by atoms with van der Waals surface area (Å²) in [7, 11) is 0. The van der Waals surface area contributed by atoms with Gasteiger partial charge < -0.3 is 69.6 Å². The fraction of sp³-hybridized carbons (Fsp3) is 0.500. The number of aliphatic hydroxyl groups is 2. The molecule has 0 aromatic carbocycles. The van der Waals surface area contributed by atoms with Crippen LogP contribution in [0.2, 0.25) is 0 Å². The Bertz CT molecular complexity index is 521. The Kier molecular flexibility index (Phi) is 26.4. The molecule has 0 radical (unpaired) electrons. The van der Waals surface area contributed by atoms with E-state index in [1.165, 1.54) is 0 Å². The van der Waals surface area contributed by atoms with Crippen LogP contribution in [-0.2, 0) is 28.8 Å². The van der Waals surface area contributed by atoms with E-state index in [1.807, 2.05) is 0 Å². The van der Waals surface area contributed by atoms with E-state index < -0.39 is 72.7 Å². The van der Waals surface area contributed by atoms with E-state index >= 15 is 0 Å². The van der Waals surface area contributed by atoms with Crippen LogP contribution >= 0.6 is 0 Å². The van der Waals surface area contributed by atoms with Crippen molar-refractivity contribution in [2.45, 2.75) is 36.9 Å². The van der Waals surface area contributed by atoms with Gasteiger partial charge in [0.05, 0.1) is 11.9 Å². The maximum absolute atomic E-state index is 10.1. The number of hydrogen-bond donors (Lipinski definition) is 2. The largest absolute Gasteiger partial charge is 2.00 e. The average molecular weight is 897 g/mol. The maximum atomic E-state index is 10.1. The number of carbonyl (C=O) groups excluding carboxylic acids is 6. The molecule has 0 saturated carbocycles. The third-order valence-electron chi connectivity index (χ3n) is 2.51. The summed E-state index contributed by atoms with van der Waals surface area (Å²) < 4.78 is 0. The Balaban J connectivity index is -0.000000120. The molecule has 0 unspecified atom stereocenters. The molecule has 0 spiro atoms. The van der Waals surface area contributed by atoms with Gasteiger partial charge in [-0.1, -0.05) is 0 Å². The Labute approximate surface area is 277 Å². The fourth-order valence-electron chi connectivity index (χ4n) is 1.37. The molecule has 14 nitrogen and oxygen atoms in total. The molecular weight excluding hydrogens is 887 g/mol. The minimum atomic E-state index is -2.97. The number of rotatable bonds is 10. The molecular formula is C12H10O14Yb3. The second-order valence-electron chi connectivity index (χ2n) is 4.83. The molecule has 0 heterocycles. The summed E-state index contributed by atoms with van der Waals surface area (Å²) >= 11 is 0. The van der Waals surface area contributed by atoms with Gasteiger partial charge in [-0.05, 0) is 0 Å². The Morgan fingerprint density at radius 1 is 0.483 bits per heavy atom. The second-order valence-corrected chi connectivity index (χ2v) is 4.83. The summed E-state index contributed by atoms with van der Waals surface area (Å²) in [6, 6.07) is 0. The van der Waals surface area contributed by atoms with Gasteiger partial charge in [-0.2, -0.15) is 0 Å². The van der Waals surface area contributed by atoms with E-state index in [2.05, 4.69) is 0 Å². The smallest absolute Gasteiger partial charge is 0.550 e. The number of aliphatic carboxylic acids is 6. The zero-order valence-electron chi connectivity index (χ0n) is 13.4. The van der Waals surface area contributed by atoms with Gasteiger partial charge in [-0.25, -0.2) is 0 Å². The van der Waals surface area contributed by atoms with Crippen LogP contribution in [0.1, 0.15) is 25.7 Å². The molecule has 0 amide bonds. The summed E-state index contributed by atoms with van der Waals surface area (Å²) in [5.74, 6) is -12.0.